The third kappa shape index (κ3) is 7.97. The summed E-state index contributed by atoms with van der Waals surface area (Å²) in [5.41, 5.74) is 0.914. The van der Waals surface area contributed by atoms with Gasteiger partial charge in [0, 0.05) is 27.5 Å². The summed E-state index contributed by atoms with van der Waals surface area (Å²) < 4.78 is 16.5. The molecule has 0 saturated carbocycles. The summed E-state index contributed by atoms with van der Waals surface area (Å²) >= 11 is 1.30. The van der Waals surface area contributed by atoms with Gasteiger partial charge < -0.3 is 19.3 Å². The molecular weight excluding hydrogens is 522 g/mol. The Labute approximate surface area is 231 Å². The first-order valence-corrected chi connectivity index (χ1v) is 13.3. The number of rotatable bonds is 14. The van der Waals surface area contributed by atoms with Gasteiger partial charge in [0.1, 0.15) is 17.2 Å². The Morgan fingerprint density at radius 1 is 0.974 bits per heavy atom. The molecule has 0 spiro atoms. The number of carbonyl (C=O) groups excluding carboxylic acids is 2. The summed E-state index contributed by atoms with van der Waals surface area (Å²) in [7, 11) is 1.23. The number of ketones is 1. The van der Waals surface area contributed by atoms with Crippen molar-refractivity contribution in [2.24, 2.45) is 0 Å². The number of nitro groups is 1. The molecule has 0 aliphatic rings. The van der Waals surface area contributed by atoms with Crippen LogP contribution in [0, 0.1) is 10.1 Å². The van der Waals surface area contributed by atoms with Gasteiger partial charge >= 0.3 is 5.97 Å². The van der Waals surface area contributed by atoms with Crippen molar-refractivity contribution in [2.45, 2.75) is 49.3 Å². The van der Waals surface area contributed by atoms with Crippen LogP contribution in [0.5, 0.6) is 17.2 Å². The molecule has 0 saturated heterocycles. The van der Waals surface area contributed by atoms with E-state index in [0.717, 1.165) is 24.2 Å². The Morgan fingerprint density at radius 2 is 1.67 bits per heavy atom. The highest BCUT2D eigenvalue weighted by molar-refractivity contribution is 7.99. The Balaban J connectivity index is 1.49. The molecule has 3 aromatic carbocycles. The fourth-order valence-electron chi connectivity index (χ4n) is 3.83. The summed E-state index contributed by atoms with van der Waals surface area (Å²) in [6, 6.07) is 14.8. The maximum absolute atomic E-state index is 12.1. The van der Waals surface area contributed by atoms with Crippen LogP contribution < -0.4 is 9.47 Å². The van der Waals surface area contributed by atoms with Crippen LogP contribution in [0.15, 0.2) is 64.4 Å². The van der Waals surface area contributed by atoms with Gasteiger partial charge in [-0.05, 0) is 68.7 Å². The number of nitrogens with zero attached hydrogens (tertiary/aromatic N) is 1. The maximum atomic E-state index is 12.1. The number of phenols is 1. The molecule has 3 aromatic rings. The zero-order valence-corrected chi connectivity index (χ0v) is 22.9. The maximum Gasteiger partial charge on any atom is 0.339 e. The number of phenolic OH excluding ortho intramolecular Hbond substituents is 1. The number of aromatic hydroxyl groups is 1. The third-order valence-corrected chi connectivity index (χ3v) is 6.90. The topological polar surface area (TPSA) is 125 Å². The number of Topliss-reactive ketones (excluding diaryl/α,β-unsaturated/α-hetero) is 1. The molecule has 0 bridgehead atoms. The molecule has 1 N–H and O–H groups in total. The molecule has 0 fully saturated rings. The van der Waals surface area contributed by atoms with Gasteiger partial charge in [0.25, 0.3) is 5.69 Å². The number of methoxy groups -OCH3 is 1. The molecule has 0 aliphatic heterocycles. The van der Waals surface area contributed by atoms with Gasteiger partial charge in [0.15, 0.2) is 5.78 Å². The number of carbonyl (C=O) groups is 2. The summed E-state index contributed by atoms with van der Waals surface area (Å²) in [4.78, 5) is 35.7. The van der Waals surface area contributed by atoms with E-state index in [4.69, 9.17) is 14.2 Å². The van der Waals surface area contributed by atoms with Crippen LogP contribution in [0.1, 0.15) is 59.4 Å². The zero-order valence-electron chi connectivity index (χ0n) is 22.1. The number of esters is 1. The van der Waals surface area contributed by atoms with E-state index in [1.807, 2.05) is 31.2 Å². The minimum absolute atomic E-state index is 0.00175. The Bertz CT molecular complexity index is 1320. The highest BCUT2D eigenvalue weighted by Gasteiger charge is 2.18. The van der Waals surface area contributed by atoms with E-state index in [2.05, 4.69) is 0 Å². The molecule has 0 aromatic heterocycles. The third-order valence-electron chi connectivity index (χ3n) is 5.81. The second-order valence-corrected chi connectivity index (χ2v) is 9.77. The van der Waals surface area contributed by atoms with E-state index < -0.39 is 10.9 Å². The van der Waals surface area contributed by atoms with Crippen molar-refractivity contribution in [3.05, 3.63) is 81.4 Å². The molecule has 0 heterocycles. The first kappa shape index (κ1) is 29.5. The van der Waals surface area contributed by atoms with Crippen molar-refractivity contribution in [1.82, 2.24) is 0 Å². The van der Waals surface area contributed by atoms with E-state index in [0.29, 0.717) is 47.2 Å². The SMILES string of the molecule is CCCc1c(OCCCCOc2ccc(Sc3ccc([N+](=O)[O-])cc3C(=O)OC)cc2)ccc(C(C)=O)c1O. The Morgan fingerprint density at radius 3 is 2.28 bits per heavy atom. The van der Waals surface area contributed by atoms with Crippen LogP contribution in [-0.4, -0.2) is 42.1 Å². The fraction of sp³-hybridized carbons (Fsp3) is 0.310. The lowest BCUT2D eigenvalue weighted by Gasteiger charge is -2.14. The molecule has 0 amide bonds. The summed E-state index contributed by atoms with van der Waals surface area (Å²) in [6.45, 7) is 4.37. The van der Waals surface area contributed by atoms with Crippen molar-refractivity contribution >= 4 is 29.2 Å². The highest BCUT2D eigenvalue weighted by atomic mass is 32.2. The van der Waals surface area contributed by atoms with E-state index in [9.17, 15) is 24.8 Å². The molecule has 0 unspecified atom stereocenters. The standard InChI is InChI=1S/C29H31NO8S/c1-4-7-24-26(14-13-23(19(2)31)28(24)32)38-17-6-5-16-37-21-9-11-22(12-10-21)39-27-15-8-20(30(34)35)18-25(27)29(33)36-3/h8-15,18,32H,4-7,16-17H2,1-3H3. The molecule has 0 radical (unpaired) electrons. The molecular formula is C29H31NO8S. The van der Waals surface area contributed by atoms with Crippen molar-refractivity contribution in [2.75, 3.05) is 20.3 Å². The van der Waals surface area contributed by atoms with Gasteiger partial charge in [0.2, 0.25) is 0 Å². The smallest absolute Gasteiger partial charge is 0.339 e. The van der Waals surface area contributed by atoms with Crippen LogP contribution in [0.4, 0.5) is 5.69 Å². The van der Waals surface area contributed by atoms with Crippen LogP contribution in [0.25, 0.3) is 0 Å². The van der Waals surface area contributed by atoms with Crippen molar-refractivity contribution in [1.29, 1.82) is 0 Å². The minimum atomic E-state index is -0.642. The highest BCUT2D eigenvalue weighted by Crippen LogP contribution is 2.35. The van der Waals surface area contributed by atoms with E-state index in [-0.39, 0.29) is 22.8 Å². The molecule has 10 heteroatoms. The normalized spacial score (nSPS) is 10.6. The second-order valence-electron chi connectivity index (χ2n) is 8.65. The quantitative estimate of drug-likeness (QED) is 0.0769. The summed E-state index contributed by atoms with van der Waals surface area (Å²) in [5.74, 6) is 0.458. The number of hydrogen-bond donors (Lipinski definition) is 1. The molecule has 206 valence electrons. The minimum Gasteiger partial charge on any atom is -0.507 e. The van der Waals surface area contributed by atoms with Gasteiger partial charge in [-0.15, -0.1) is 0 Å². The molecule has 39 heavy (non-hydrogen) atoms. The Kier molecular flexibility index (Phi) is 10.7. The molecule has 3 rings (SSSR count). The zero-order chi connectivity index (χ0) is 28.4. The lowest BCUT2D eigenvalue weighted by atomic mass is 10.0. The second kappa shape index (κ2) is 14.2. The van der Waals surface area contributed by atoms with E-state index >= 15 is 0 Å². The average molecular weight is 554 g/mol. The fourth-order valence-corrected chi connectivity index (χ4v) is 4.74. The van der Waals surface area contributed by atoms with Gasteiger partial charge in [0.05, 0.1) is 36.4 Å². The van der Waals surface area contributed by atoms with Gasteiger partial charge in [-0.2, -0.15) is 0 Å². The number of ether oxygens (including phenoxy) is 3. The lowest BCUT2D eigenvalue weighted by Crippen LogP contribution is -2.05. The van der Waals surface area contributed by atoms with Crippen molar-refractivity contribution in [3.8, 4) is 17.2 Å². The van der Waals surface area contributed by atoms with Crippen LogP contribution in [-0.2, 0) is 11.2 Å². The lowest BCUT2D eigenvalue weighted by molar-refractivity contribution is -0.384. The summed E-state index contributed by atoms with van der Waals surface area (Å²) in [6.07, 6.45) is 2.93. The predicted molar refractivity (Wildman–Crippen MR) is 147 cm³/mol. The van der Waals surface area contributed by atoms with Crippen LogP contribution in [0.3, 0.4) is 0 Å². The van der Waals surface area contributed by atoms with Crippen LogP contribution >= 0.6 is 11.8 Å². The number of nitro benzene ring substituents is 1. The largest absolute Gasteiger partial charge is 0.507 e. The summed E-state index contributed by atoms with van der Waals surface area (Å²) in [5, 5.41) is 21.5. The van der Waals surface area contributed by atoms with Gasteiger partial charge in [-0.3, -0.25) is 14.9 Å². The van der Waals surface area contributed by atoms with Gasteiger partial charge in [-0.25, -0.2) is 4.79 Å². The van der Waals surface area contributed by atoms with Crippen molar-refractivity contribution in [3.63, 3.8) is 0 Å². The molecule has 0 atom stereocenters. The van der Waals surface area contributed by atoms with Crippen molar-refractivity contribution < 1.29 is 33.8 Å². The first-order valence-electron chi connectivity index (χ1n) is 12.5. The Hall–Kier alpha value is -4.05. The van der Waals surface area contributed by atoms with E-state index in [1.54, 1.807) is 12.1 Å². The molecule has 0 aliphatic carbocycles. The first-order chi connectivity index (χ1) is 18.7. The predicted octanol–water partition coefficient (Wildman–Crippen LogP) is 6.63. The van der Waals surface area contributed by atoms with Crippen LogP contribution in [0.2, 0.25) is 0 Å². The number of non-ortho nitro benzene ring substituents is 1. The number of benzene rings is 3. The monoisotopic (exact) mass is 553 g/mol. The molecule has 9 nitrogen and oxygen atoms in total. The number of hydrogen-bond acceptors (Lipinski definition) is 9. The van der Waals surface area contributed by atoms with E-state index in [1.165, 1.54) is 44.0 Å². The van der Waals surface area contributed by atoms with Gasteiger partial charge in [-0.1, -0.05) is 25.1 Å². The number of unbranched alkanes of at least 4 members (excludes halogenated alkanes) is 1. The average Bonchev–Trinajstić information content (AvgIpc) is 2.92.